The van der Waals surface area contributed by atoms with E-state index in [4.69, 9.17) is 15.7 Å². The minimum absolute atomic E-state index is 0. The average molecular weight is 426 g/mol. The summed E-state index contributed by atoms with van der Waals surface area (Å²) < 4.78 is 0. The lowest BCUT2D eigenvalue weighted by molar-refractivity contribution is 0.345. The Labute approximate surface area is 178 Å². The number of aromatic nitrogens is 4. The van der Waals surface area contributed by atoms with Crippen molar-refractivity contribution in [1.82, 2.24) is 19.9 Å². The van der Waals surface area contributed by atoms with Crippen LogP contribution in [0.4, 0.5) is 11.8 Å². The van der Waals surface area contributed by atoms with Crippen LogP contribution in [-0.4, -0.2) is 39.1 Å². The smallest absolute Gasteiger partial charge is 0.227 e. The van der Waals surface area contributed by atoms with Gasteiger partial charge >= 0.3 is 0 Å². The third kappa shape index (κ3) is 5.21. The predicted octanol–water partition coefficient (Wildman–Crippen LogP) is 3.14. The van der Waals surface area contributed by atoms with E-state index >= 15 is 0 Å². The predicted molar refractivity (Wildman–Crippen MR) is 117 cm³/mol. The molecule has 0 atom stereocenters. The highest BCUT2D eigenvalue weighted by atomic mass is 35.5. The maximum Gasteiger partial charge on any atom is 0.227 e. The van der Waals surface area contributed by atoms with E-state index in [9.17, 15) is 0 Å². The van der Waals surface area contributed by atoms with E-state index < -0.39 is 0 Å². The third-order valence-corrected chi connectivity index (χ3v) is 5.17. The Morgan fingerprint density at radius 1 is 1.00 bits per heavy atom. The lowest BCUT2D eigenvalue weighted by atomic mass is 9.78. The van der Waals surface area contributed by atoms with E-state index in [0.717, 1.165) is 60.6 Å². The molecule has 2 aromatic heterocycles. The summed E-state index contributed by atoms with van der Waals surface area (Å²) in [6.07, 6.45) is 4.44. The van der Waals surface area contributed by atoms with Crippen LogP contribution in [0.25, 0.3) is 0 Å². The van der Waals surface area contributed by atoms with Gasteiger partial charge in [0.05, 0.1) is 12.2 Å². The first-order valence-electron chi connectivity index (χ1n) is 9.51. The van der Waals surface area contributed by atoms with Gasteiger partial charge in [-0.1, -0.05) is 0 Å². The second kappa shape index (κ2) is 9.67. The van der Waals surface area contributed by atoms with Crippen molar-refractivity contribution in [3.05, 3.63) is 35.0 Å². The highest BCUT2D eigenvalue weighted by Crippen LogP contribution is 2.36. The summed E-state index contributed by atoms with van der Waals surface area (Å²) in [5.74, 6) is 2.92. The molecule has 0 spiro atoms. The Morgan fingerprint density at radius 3 is 2.25 bits per heavy atom. The van der Waals surface area contributed by atoms with E-state index in [-0.39, 0.29) is 24.8 Å². The van der Waals surface area contributed by atoms with E-state index in [1.165, 1.54) is 12.8 Å². The van der Waals surface area contributed by atoms with Crippen LogP contribution in [0.1, 0.15) is 54.5 Å². The molecule has 4 rings (SSSR count). The Kier molecular flexibility index (Phi) is 7.80. The van der Waals surface area contributed by atoms with Crippen molar-refractivity contribution in [2.75, 3.05) is 23.3 Å². The normalized spacial score (nSPS) is 20.8. The van der Waals surface area contributed by atoms with Crippen molar-refractivity contribution in [3.63, 3.8) is 0 Å². The number of hydrogen-bond acceptors (Lipinski definition) is 7. The van der Waals surface area contributed by atoms with E-state index in [1.807, 2.05) is 19.9 Å². The molecule has 7 nitrogen and oxygen atoms in total. The molecule has 0 unspecified atom stereocenters. The van der Waals surface area contributed by atoms with Gasteiger partial charge in [-0.05, 0) is 45.6 Å². The van der Waals surface area contributed by atoms with Crippen LogP contribution in [0.2, 0.25) is 0 Å². The molecule has 0 radical (unpaired) electrons. The van der Waals surface area contributed by atoms with Crippen molar-refractivity contribution in [3.8, 4) is 0 Å². The number of hydrogen-bond donors (Lipinski definition) is 2. The standard InChI is InChI=1S/C19H27N7.2ClH/c1-12-7-13(2)23-18(22-12)11-21-17-10-16(14-8-15(20)9-14)24-19(25-17)26-5-3-4-6-26;;/h7,10,14-15H,3-6,8-9,11,20H2,1-2H3,(H,21,24,25);2*1H. The summed E-state index contributed by atoms with van der Waals surface area (Å²) in [4.78, 5) is 20.9. The number of anilines is 2. The van der Waals surface area contributed by atoms with Crippen LogP contribution in [0.15, 0.2) is 12.1 Å². The lowest BCUT2D eigenvalue weighted by Crippen LogP contribution is -2.35. The highest BCUT2D eigenvalue weighted by Gasteiger charge is 2.30. The maximum absolute atomic E-state index is 5.98. The number of aryl methyl sites for hydroxylation is 2. The van der Waals surface area contributed by atoms with Gasteiger partial charge in [0.25, 0.3) is 0 Å². The maximum atomic E-state index is 5.98. The number of rotatable bonds is 5. The number of halogens is 2. The molecule has 0 bridgehead atoms. The second-order valence-corrected chi connectivity index (χ2v) is 7.52. The summed E-state index contributed by atoms with van der Waals surface area (Å²) in [6.45, 7) is 6.61. The first-order chi connectivity index (χ1) is 12.6. The zero-order valence-electron chi connectivity index (χ0n) is 16.4. The SMILES string of the molecule is Cc1cc(C)nc(CNc2cc(C3CC(N)C3)nc(N3CCCC3)n2)n1.Cl.Cl. The second-order valence-electron chi connectivity index (χ2n) is 7.52. The molecular formula is C19H29Cl2N7. The summed E-state index contributed by atoms with van der Waals surface area (Å²) in [6, 6.07) is 4.36. The molecule has 0 amide bonds. The van der Waals surface area contributed by atoms with Gasteiger partial charge in [0.15, 0.2) is 0 Å². The Bertz CT molecular complexity index is 770. The Hall–Kier alpha value is -1.70. The fraction of sp³-hybridized carbons (Fsp3) is 0.579. The van der Waals surface area contributed by atoms with E-state index in [1.54, 1.807) is 0 Å². The van der Waals surface area contributed by atoms with Gasteiger partial charge in [0.1, 0.15) is 11.6 Å². The van der Waals surface area contributed by atoms with Crippen molar-refractivity contribution in [2.45, 2.75) is 58.0 Å². The molecule has 1 aliphatic heterocycles. The minimum atomic E-state index is 0. The van der Waals surface area contributed by atoms with Crippen molar-refractivity contribution in [1.29, 1.82) is 0 Å². The summed E-state index contributed by atoms with van der Waals surface area (Å²) in [7, 11) is 0. The number of nitrogens with zero attached hydrogens (tertiary/aromatic N) is 5. The van der Waals surface area contributed by atoms with Gasteiger partial charge in [0.2, 0.25) is 5.95 Å². The number of nitrogens with one attached hydrogen (secondary N) is 1. The van der Waals surface area contributed by atoms with Crippen LogP contribution in [0.3, 0.4) is 0 Å². The van der Waals surface area contributed by atoms with Crippen molar-refractivity contribution >= 4 is 36.6 Å². The number of nitrogens with two attached hydrogens (primary N) is 1. The fourth-order valence-electron chi connectivity index (χ4n) is 3.76. The van der Waals surface area contributed by atoms with Crippen LogP contribution in [0, 0.1) is 13.8 Å². The van der Waals surface area contributed by atoms with Gasteiger partial charge in [0, 0.05) is 42.5 Å². The third-order valence-electron chi connectivity index (χ3n) is 5.17. The zero-order chi connectivity index (χ0) is 18.1. The van der Waals surface area contributed by atoms with Gasteiger partial charge in [-0.15, -0.1) is 24.8 Å². The molecule has 9 heteroatoms. The molecule has 1 saturated carbocycles. The molecule has 2 fully saturated rings. The van der Waals surface area contributed by atoms with Crippen LogP contribution in [0.5, 0.6) is 0 Å². The minimum Gasteiger partial charge on any atom is -0.363 e. The molecule has 28 heavy (non-hydrogen) atoms. The van der Waals surface area contributed by atoms with Gasteiger partial charge in [-0.2, -0.15) is 4.98 Å². The molecule has 3 N–H and O–H groups in total. The monoisotopic (exact) mass is 425 g/mol. The van der Waals surface area contributed by atoms with Crippen LogP contribution >= 0.6 is 24.8 Å². The summed E-state index contributed by atoms with van der Waals surface area (Å²) in [5, 5.41) is 3.40. The Morgan fingerprint density at radius 2 is 1.64 bits per heavy atom. The van der Waals surface area contributed by atoms with Crippen LogP contribution < -0.4 is 16.0 Å². The largest absolute Gasteiger partial charge is 0.363 e. The molecule has 1 saturated heterocycles. The molecular weight excluding hydrogens is 397 g/mol. The first kappa shape index (κ1) is 22.6. The molecule has 3 heterocycles. The van der Waals surface area contributed by atoms with Gasteiger partial charge in [-0.3, -0.25) is 0 Å². The molecule has 1 aliphatic carbocycles. The Balaban J connectivity index is 0.00000140. The topological polar surface area (TPSA) is 92.8 Å². The fourth-order valence-corrected chi connectivity index (χ4v) is 3.76. The highest BCUT2D eigenvalue weighted by molar-refractivity contribution is 5.85. The quantitative estimate of drug-likeness (QED) is 0.759. The molecule has 154 valence electrons. The van der Waals surface area contributed by atoms with Crippen molar-refractivity contribution in [2.24, 2.45) is 5.73 Å². The molecule has 2 aliphatic rings. The summed E-state index contributed by atoms with van der Waals surface area (Å²) in [5.41, 5.74) is 9.06. The van der Waals surface area contributed by atoms with E-state index in [0.29, 0.717) is 18.5 Å². The van der Waals surface area contributed by atoms with Gasteiger partial charge < -0.3 is 16.0 Å². The van der Waals surface area contributed by atoms with E-state index in [2.05, 4.69) is 26.3 Å². The zero-order valence-corrected chi connectivity index (χ0v) is 18.0. The molecule has 2 aromatic rings. The summed E-state index contributed by atoms with van der Waals surface area (Å²) >= 11 is 0. The van der Waals surface area contributed by atoms with Crippen molar-refractivity contribution < 1.29 is 0 Å². The first-order valence-corrected chi connectivity index (χ1v) is 9.51. The van der Waals surface area contributed by atoms with Crippen LogP contribution in [-0.2, 0) is 6.54 Å². The lowest BCUT2D eigenvalue weighted by Gasteiger charge is -2.32. The van der Waals surface area contributed by atoms with Gasteiger partial charge in [-0.25, -0.2) is 15.0 Å². The molecule has 0 aromatic carbocycles. The average Bonchev–Trinajstić information content (AvgIpc) is 3.11.